The summed E-state index contributed by atoms with van der Waals surface area (Å²) in [6.07, 6.45) is 6.19. The normalized spacial score (nSPS) is 16.2. The van der Waals surface area contributed by atoms with E-state index >= 15 is 0 Å². The number of nitrogens with one attached hydrogen (secondary N) is 2. The van der Waals surface area contributed by atoms with Gasteiger partial charge in [-0.05, 0) is 55.9 Å². The number of hydrogen-bond donors (Lipinski definition) is 2. The fraction of sp³-hybridized carbons (Fsp3) is 0.519. The van der Waals surface area contributed by atoms with Gasteiger partial charge >= 0.3 is 0 Å². The Morgan fingerprint density at radius 2 is 1.61 bits per heavy atom. The predicted molar refractivity (Wildman–Crippen MR) is 157 cm³/mol. The highest BCUT2D eigenvalue weighted by atomic mass is 32.2. The van der Waals surface area contributed by atoms with Gasteiger partial charge in [-0.2, -0.15) is 0 Å². The van der Waals surface area contributed by atoms with Crippen molar-refractivity contribution in [1.29, 1.82) is 4.78 Å². The second-order valence-corrected chi connectivity index (χ2v) is 14.2. The molecule has 1 fully saturated rings. The van der Waals surface area contributed by atoms with Crippen molar-refractivity contribution >= 4 is 42.7 Å². The molecule has 1 amide bonds. The maximum Gasteiger partial charge on any atom is 0.257 e. The minimum Gasteiger partial charge on any atom is -0.369 e. The molecule has 11 heteroatoms. The summed E-state index contributed by atoms with van der Waals surface area (Å²) in [5.41, 5.74) is 1.87. The van der Waals surface area contributed by atoms with Crippen LogP contribution >= 0.6 is 0 Å². The lowest BCUT2D eigenvalue weighted by molar-refractivity contribution is 0.102. The molecule has 210 valence electrons. The molecule has 9 nitrogen and oxygen atoms in total. The number of hydrogen-bond acceptors (Lipinski definition) is 7. The summed E-state index contributed by atoms with van der Waals surface area (Å²) >= 11 is 0. The second-order valence-electron chi connectivity index (χ2n) is 9.99. The molecule has 38 heavy (non-hydrogen) atoms. The number of benzene rings is 2. The number of amides is 1. The van der Waals surface area contributed by atoms with Crippen molar-refractivity contribution < 1.29 is 17.4 Å². The zero-order chi connectivity index (χ0) is 27.9. The first-order valence-electron chi connectivity index (χ1n) is 13.1. The monoisotopic (exact) mass is 563 g/mol. The first-order valence-corrected chi connectivity index (χ1v) is 16.7. The van der Waals surface area contributed by atoms with Crippen LogP contribution in [0.1, 0.15) is 49.4 Å². The van der Waals surface area contributed by atoms with Crippen LogP contribution < -0.4 is 14.5 Å². The van der Waals surface area contributed by atoms with Gasteiger partial charge in [0.05, 0.1) is 27.2 Å². The van der Waals surface area contributed by atoms with Crippen molar-refractivity contribution in [3.8, 4) is 0 Å². The molecule has 0 radical (unpaired) electrons. The molecule has 1 atom stereocenters. The lowest BCUT2D eigenvalue weighted by Gasteiger charge is -2.34. The smallest absolute Gasteiger partial charge is 0.257 e. The average Bonchev–Trinajstić information content (AvgIpc) is 2.88. The van der Waals surface area contributed by atoms with Gasteiger partial charge in [0, 0.05) is 55.2 Å². The lowest BCUT2D eigenvalue weighted by Crippen LogP contribution is -2.44. The largest absolute Gasteiger partial charge is 0.369 e. The molecule has 2 aromatic carbocycles. The summed E-state index contributed by atoms with van der Waals surface area (Å²) in [6, 6.07) is 11.8. The van der Waals surface area contributed by atoms with Gasteiger partial charge in [-0.25, -0.2) is 17.4 Å². The Kier molecular flexibility index (Phi) is 10.2. The highest BCUT2D eigenvalue weighted by molar-refractivity contribution is 7.92. The first kappa shape index (κ1) is 29.9. The molecule has 1 saturated heterocycles. The summed E-state index contributed by atoms with van der Waals surface area (Å²) in [5, 5.41) is 2.85. The molecule has 1 aliphatic heterocycles. The highest BCUT2D eigenvalue weighted by Crippen LogP contribution is 2.29. The van der Waals surface area contributed by atoms with E-state index in [4.69, 9.17) is 4.78 Å². The third kappa shape index (κ3) is 7.94. The van der Waals surface area contributed by atoms with Crippen LogP contribution in [-0.4, -0.2) is 75.7 Å². The number of likely N-dealkylation sites (N-methyl/N-ethyl adjacent to an activating group) is 1. The van der Waals surface area contributed by atoms with Crippen LogP contribution in [0.4, 0.5) is 17.1 Å². The number of rotatable bonds is 12. The van der Waals surface area contributed by atoms with Gasteiger partial charge in [-0.3, -0.25) is 9.10 Å². The summed E-state index contributed by atoms with van der Waals surface area (Å²) in [4.78, 5) is 18.3. The van der Waals surface area contributed by atoms with Gasteiger partial charge in [0.2, 0.25) is 10.0 Å². The second kappa shape index (κ2) is 12.9. The van der Waals surface area contributed by atoms with Crippen molar-refractivity contribution in [2.45, 2.75) is 43.9 Å². The van der Waals surface area contributed by atoms with Gasteiger partial charge in [-0.1, -0.05) is 32.6 Å². The van der Waals surface area contributed by atoms with Gasteiger partial charge in [0.1, 0.15) is 0 Å². The fourth-order valence-corrected chi connectivity index (χ4v) is 6.34. The van der Waals surface area contributed by atoms with Crippen LogP contribution in [0.25, 0.3) is 0 Å². The Bertz CT molecular complexity index is 1300. The zero-order valence-corrected chi connectivity index (χ0v) is 24.5. The molecule has 1 unspecified atom stereocenters. The van der Waals surface area contributed by atoms with Gasteiger partial charge in [-0.15, -0.1) is 0 Å². The van der Waals surface area contributed by atoms with Crippen molar-refractivity contribution in [2.24, 2.45) is 0 Å². The SMILES string of the molecule is CCCCCCCS(=N)(=O)c1ccc(NC(=O)c2cc(N3CCN(C)CC3)ccc2N(C)S(C)(=O)=O)cc1. The molecule has 2 N–H and O–H groups in total. The molecule has 0 saturated carbocycles. The molecule has 2 aromatic rings. The van der Waals surface area contributed by atoms with E-state index in [2.05, 4.69) is 29.1 Å². The van der Waals surface area contributed by atoms with Crippen LogP contribution in [0.3, 0.4) is 0 Å². The van der Waals surface area contributed by atoms with Crippen LogP contribution in [0, 0.1) is 4.78 Å². The van der Waals surface area contributed by atoms with Crippen molar-refractivity contribution in [1.82, 2.24) is 4.90 Å². The zero-order valence-electron chi connectivity index (χ0n) is 22.9. The van der Waals surface area contributed by atoms with Crippen molar-refractivity contribution in [3.63, 3.8) is 0 Å². The third-order valence-corrected chi connectivity index (χ3v) is 10.0. The third-order valence-electron chi connectivity index (χ3n) is 6.96. The van der Waals surface area contributed by atoms with E-state index in [9.17, 15) is 17.4 Å². The van der Waals surface area contributed by atoms with E-state index in [1.165, 1.54) is 7.05 Å². The van der Waals surface area contributed by atoms with E-state index in [0.29, 0.717) is 16.3 Å². The quantitative estimate of drug-likeness (QED) is 0.369. The molecule has 1 aliphatic rings. The fourth-order valence-electron chi connectivity index (χ4n) is 4.40. The van der Waals surface area contributed by atoms with E-state index in [0.717, 1.165) is 74.5 Å². The maximum atomic E-state index is 13.4. The number of unbranched alkanes of at least 4 members (excludes halogenated alkanes) is 4. The van der Waals surface area contributed by atoms with E-state index in [1.807, 2.05) is 6.07 Å². The lowest BCUT2D eigenvalue weighted by atomic mass is 10.1. The highest BCUT2D eigenvalue weighted by Gasteiger charge is 2.23. The number of carbonyl (C=O) groups is 1. The molecule has 3 rings (SSSR count). The molecule has 1 heterocycles. The molecule has 0 aliphatic carbocycles. The van der Waals surface area contributed by atoms with Crippen LogP contribution in [0.15, 0.2) is 47.4 Å². The molecular weight excluding hydrogens is 522 g/mol. The number of nitrogens with zero attached hydrogens (tertiary/aromatic N) is 3. The van der Waals surface area contributed by atoms with Gasteiger partial charge in [0.25, 0.3) is 5.91 Å². The topological polar surface area (TPSA) is 114 Å². The Morgan fingerprint density at radius 3 is 2.21 bits per heavy atom. The number of carbonyl (C=O) groups excluding carboxylic acids is 1. The minimum atomic E-state index is -3.58. The average molecular weight is 564 g/mol. The van der Waals surface area contributed by atoms with E-state index in [1.54, 1.807) is 36.4 Å². The molecule has 0 aromatic heterocycles. The van der Waals surface area contributed by atoms with E-state index in [-0.39, 0.29) is 11.3 Å². The number of sulfonamides is 1. The van der Waals surface area contributed by atoms with Gasteiger partial charge < -0.3 is 15.1 Å². The van der Waals surface area contributed by atoms with Crippen LogP contribution in [0.5, 0.6) is 0 Å². The molecular formula is C27H41N5O4S2. The molecule has 0 spiro atoms. The van der Waals surface area contributed by atoms with Crippen molar-refractivity contribution in [2.75, 3.05) is 66.8 Å². The Labute approximate surface area is 228 Å². The van der Waals surface area contributed by atoms with Crippen LogP contribution in [0.2, 0.25) is 0 Å². The Balaban J connectivity index is 1.79. The van der Waals surface area contributed by atoms with E-state index < -0.39 is 25.7 Å². The minimum absolute atomic E-state index is 0.245. The summed E-state index contributed by atoms with van der Waals surface area (Å²) in [7, 11) is -2.98. The summed E-state index contributed by atoms with van der Waals surface area (Å²) < 4.78 is 46.9. The van der Waals surface area contributed by atoms with Crippen LogP contribution in [-0.2, 0) is 19.8 Å². The van der Waals surface area contributed by atoms with Crippen molar-refractivity contribution in [3.05, 3.63) is 48.0 Å². The molecule has 0 bridgehead atoms. The maximum absolute atomic E-state index is 13.4. The first-order chi connectivity index (χ1) is 17.9. The van der Waals surface area contributed by atoms with Gasteiger partial charge in [0.15, 0.2) is 0 Å². The Hall–Kier alpha value is -2.63. The summed E-state index contributed by atoms with van der Waals surface area (Å²) in [5.74, 6) is -0.121. The number of anilines is 3. The predicted octanol–water partition coefficient (Wildman–Crippen LogP) is 4.46. The summed E-state index contributed by atoms with van der Waals surface area (Å²) in [6.45, 7) is 5.56. The standard InChI is InChI=1S/C27H41N5O4S2/c1-5-6-7-8-9-20-38(28,36)24-13-10-22(11-14-24)29-27(33)25-21-23(32-18-16-30(2)17-19-32)12-15-26(25)31(3)37(4,34)35/h10-15,21,28H,5-9,16-20H2,1-4H3,(H,29,33). The Morgan fingerprint density at radius 1 is 0.974 bits per heavy atom. The number of piperazine rings is 1.